The number of hydrogen-bond acceptors (Lipinski definition) is 4. The molecule has 0 atom stereocenters. The predicted octanol–water partition coefficient (Wildman–Crippen LogP) is 5.04. The van der Waals surface area contributed by atoms with Crippen molar-refractivity contribution in [3.63, 3.8) is 0 Å². The van der Waals surface area contributed by atoms with Crippen LogP contribution in [0.25, 0.3) is 22.1 Å². The number of fused-ring (bicyclic) bond motifs is 1. The SMILES string of the molecule is NCc1cccc(-c2cc(COc3c(F)cccc3CC(=O)O)cc3ccoc23)c1F. The molecule has 7 heteroatoms. The van der Waals surface area contributed by atoms with Gasteiger partial charge in [-0.3, -0.25) is 4.79 Å². The van der Waals surface area contributed by atoms with E-state index in [9.17, 15) is 13.6 Å². The Bertz CT molecular complexity index is 1270. The quantitative estimate of drug-likeness (QED) is 0.435. The lowest BCUT2D eigenvalue weighted by molar-refractivity contribution is -0.136. The summed E-state index contributed by atoms with van der Waals surface area (Å²) in [6.07, 6.45) is 1.14. The number of ether oxygens (including phenoxy) is 1. The predicted molar refractivity (Wildman–Crippen MR) is 112 cm³/mol. The van der Waals surface area contributed by atoms with Crippen molar-refractivity contribution in [2.24, 2.45) is 5.73 Å². The van der Waals surface area contributed by atoms with Gasteiger partial charge in [-0.05, 0) is 29.8 Å². The first-order chi connectivity index (χ1) is 15.0. The van der Waals surface area contributed by atoms with Crippen LogP contribution in [0.5, 0.6) is 5.75 Å². The largest absolute Gasteiger partial charge is 0.486 e. The number of para-hydroxylation sites is 1. The monoisotopic (exact) mass is 423 g/mol. The third-order valence-corrected chi connectivity index (χ3v) is 4.97. The van der Waals surface area contributed by atoms with Crippen molar-refractivity contribution in [1.29, 1.82) is 0 Å². The van der Waals surface area contributed by atoms with Gasteiger partial charge in [0, 0.05) is 34.2 Å². The van der Waals surface area contributed by atoms with E-state index in [1.54, 1.807) is 36.4 Å². The zero-order valence-electron chi connectivity index (χ0n) is 16.4. The Balaban J connectivity index is 1.72. The highest BCUT2D eigenvalue weighted by Crippen LogP contribution is 2.34. The molecule has 0 aliphatic rings. The van der Waals surface area contributed by atoms with Gasteiger partial charge in [-0.2, -0.15) is 0 Å². The molecule has 0 unspecified atom stereocenters. The lowest BCUT2D eigenvalue weighted by Crippen LogP contribution is -2.06. The number of furan rings is 1. The summed E-state index contributed by atoms with van der Waals surface area (Å²) in [5.74, 6) is -2.29. The molecular formula is C24H19F2NO4. The van der Waals surface area contributed by atoms with E-state index in [1.807, 2.05) is 0 Å². The summed E-state index contributed by atoms with van der Waals surface area (Å²) in [6.45, 7) is 0.0171. The summed E-state index contributed by atoms with van der Waals surface area (Å²) in [6, 6.07) is 14.4. The minimum Gasteiger partial charge on any atom is -0.486 e. The third kappa shape index (κ3) is 4.13. The Morgan fingerprint density at radius 2 is 1.81 bits per heavy atom. The number of carboxylic acid groups (broad SMARTS) is 1. The summed E-state index contributed by atoms with van der Waals surface area (Å²) in [5, 5.41) is 9.79. The maximum Gasteiger partial charge on any atom is 0.307 e. The lowest BCUT2D eigenvalue weighted by atomic mass is 9.98. The van der Waals surface area contributed by atoms with Gasteiger partial charge in [0.05, 0.1) is 12.7 Å². The first-order valence-electron chi connectivity index (χ1n) is 9.58. The van der Waals surface area contributed by atoms with Crippen LogP contribution >= 0.6 is 0 Å². The second kappa shape index (κ2) is 8.57. The maximum atomic E-state index is 14.9. The van der Waals surface area contributed by atoms with Gasteiger partial charge in [-0.1, -0.05) is 30.3 Å². The average Bonchev–Trinajstić information content (AvgIpc) is 3.21. The fraction of sp³-hybridized carbons (Fsp3) is 0.125. The van der Waals surface area contributed by atoms with E-state index in [0.29, 0.717) is 27.8 Å². The zero-order valence-corrected chi connectivity index (χ0v) is 16.4. The van der Waals surface area contributed by atoms with E-state index in [0.717, 1.165) is 5.39 Å². The van der Waals surface area contributed by atoms with Crippen molar-refractivity contribution in [3.8, 4) is 16.9 Å². The van der Waals surface area contributed by atoms with Crippen LogP contribution in [0.1, 0.15) is 16.7 Å². The molecule has 3 aromatic carbocycles. The van der Waals surface area contributed by atoms with Crippen LogP contribution in [0, 0.1) is 11.6 Å². The van der Waals surface area contributed by atoms with Gasteiger partial charge in [0.15, 0.2) is 11.6 Å². The molecule has 4 rings (SSSR count). The number of carboxylic acids is 1. The Labute approximate surface area is 176 Å². The number of benzene rings is 3. The molecule has 0 saturated heterocycles. The van der Waals surface area contributed by atoms with E-state index in [-0.39, 0.29) is 30.9 Å². The second-order valence-electron chi connectivity index (χ2n) is 7.05. The molecular weight excluding hydrogens is 404 g/mol. The molecule has 0 amide bonds. The average molecular weight is 423 g/mol. The molecule has 0 saturated carbocycles. The molecule has 1 heterocycles. The van der Waals surface area contributed by atoms with Crippen LogP contribution in [0.4, 0.5) is 8.78 Å². The molecule has 1 aromatic heterocycles. The van der Waals surface area contributed by atoms with Crippen molar-refractivity contribution >= 4 is 16.9 Å². The number of carbonyl (C=O) groups is 1. The van der Waals surface area contributed by atoms with Crippen LogP contribution in [0.3, 0.4) is 0 Å². The standard InChI is InChI=1S/C24H19F2NO4/c25-20-6-2-3-15(11-21(28)29)24(20)31-13-14-9-16-7-8-30-23(16)19(10-14)18-5-1-4-17(12-27)22(18)26/h1-10H,11-13,27H2,(H,28,29). The van der Waals surface area contributed by atoms with Crippen molar-refractivity contribution in [2.75, 3.05) is 0 Å². The van der Waals surface area contributed by atoms with Crippen LogP contribution < -0.4 is 10.5 Å². The van der Waals surface area contributed by atoms with Crippen LogP contribution in [0.15, 0.2) is 65.3 Å². The zero-order chi connectivity index (χ0) is 22.0. The third-order valence-electron chi connectivity index (χ3n) is 4.97. The summed E-state index contributed by atoms with van der Waals surface area (Å²) < 4.78 is 40.5. The normalized spacial score (nSPS) is 11.1. The Morgan fingerprint density at radius 3 is 2.58 bits per heavy atom. The highest BCUT2D eigenvalue weighted by molar-refractivity contribution is 5.93. The van der Waals surface area contributed by atoms with Gasteiger partial charge in [0.25, 0.3) is 0 Å². The summed E-state index contributed by atoms with van der Waals surface area (Å²) in [5.41, 5.74) is 8.26. The Kier molecular flexibility index (Phi) is 5.68. The molecule has 0 fully saturated rings. The van der Waals surface area contributed by atoms with Gasteiger partial charge >= 0.3 is 5.97 Å². The van der Waals surface area contributed by atoms with Gasteiger partial charge < -0.3 is 20.0 Å². The highest BCUT2D eigenvalue weighted by atomic mass is 19.1. The molecule has 0 bridgehead atoms. The van der Waals surface area contributed by atoms with Crippen LogP contribution in [-0.2, 0) is 24.4 Å². The molecule has 0 aliphatic carbocycles. The van der Waals surface area contributed by atoms with E-state index < -0.39 is 17.6 Å². The van der Waals surface area contributed by atoms with Crippen molar-refractivity contribution in [1.82, 2.24) is 0 Å². The van der Waals surface area contributed by atoms with E-state index >= 15 is 0 Å². The maximum absolute atomic E-state index is 14.9. The molecule has 5 nitrogen and oxygen atoms in total. The second-order valence-corrected chi connectivity index (χ2v) is 7.05. The van der Waals surface area contributed by atoms with Gasteiger partial charge in [0.1, 0.15) is 18.0 Å². The number of nitrogens with two attached hydrogens (primary N) is 1. The molecule has 3 N–H and O–H groups in total. The van der Waals surface area contributed by atoms with E-state index in [1.165, 1.54) is 24.5 Å². The molecule has 4 aromatic rings. The minimum atomic E-state index is -1.09. The number of hydrogen-bond donors (Lipinski definition) is 2. The number of halogens is 2. The molecule has 158 valence electrons. The summed E-state index contributed by atoms with van der Waals surface area (Å²) in [4.78, 5) is 11.1. The number of aliphatic carboxylic acids is 1. The summed E-state index contributed by atoms with van der Waals surface area (Å²) in [7, 11) is 0. The topological polar surface area (TPSA) is 85.7 Å². The first kappa shape index (κ1) is 20.6. The molecule has 0 spiro atoms. The minimum absolute atomic E-state index is 0.0418. The highest BCUT2D eigenvalue weighted by Gasteiger charge is 2.17. The van der Waals surface area contributed by atoms with Gasteiger partial charge in [-0.15, -0.1) is 0 Å². The fourth-order valence-electron chi connectivity index (χ4n) is 3.55. The first-order valence-corrected chi connectivity index (χ1v) is 9.58. The number of rotatable bonds is 7. The molecule has 0 radical (unpaired) electrons. The lowest BCUT2D eigenvalue weighted by Gasteiger charge is -2.13. The smallest absolute Gasteiger partial charge is 0.307 e. The van der Waals surface area contributed by atoms with Gasteiger partial charge in [-0.25, -0.2) is 8.78 Å². The van der Waals surface area contributed by atoms with Gasteiger partial charge in [0.2, 0.25) is 0 Å². The molecule has 0 aliphatic heterocycles. The van der Waals surface area contributed by atoms with Crippen LogP contribution in [-0.4, -0.2) is 11.1 Å². The van der Waals surface area contributed by atoms with Crippen molar-refractivity contribution < 1.29 is 27.8 Å². The van der Waals surface area contributed by atoms with E-state index in [4.69, 9.17) is 20.0 Å². The Hall–Kier alpha value is -3.71. The van der Waals surface area contributed by atoms with E-state index in [2.05, 4.69) is 0 Å². The fourth-order valence-corrected chi connectivity index (χ4v) is 3.55. The molecule has 31 heavy (non-hydrogen) atoms. The Morgan fingerprint density at radius 1 is 1.03 bits per heavy atom. The van der Waals surface area contributed by atoms with Crippen molar-refractivity contribution in [3.05, 3.63) is 89.2 Å². The summed E-state index contributed by atoms with van der Waals surface area (Å²) >= 11 is 0. The van der Waals surface area contributed by atoms with Crippen molar-refractivity contribution in [2.45, 2.75) is 19.6 Å². The van der Waals surface area contributed by atoms with Crippen LogP contribution in [0.2, 0.25) is 0 Å².